The number of aryl methyl sites for hydroxylation is 1. The number of ether oxygens (including phenoxy) is 1. The van der Waals surface area contributed by atoms with Gasteiger partial charge in [-0.3, -0.25) is 4.79 Å². The number of carboxylic acids is 1. The Balaban J connectivity index is 1.56. The Morgan fingerprint density at radius 1 is 1.03 bits per heavy atom. The van der Waals surface area contributed by atoms with Crippen molar-refractivity contribution in [2.24, 2.45) is 5.92 Å². The summed E-state index contributed by atoms with van der Waals surface area (Å²) in [4.78, 5) is 25.9. The molecule has 2 N–H and O–H groups in total. The molecule has 3 aromatic rings. The average molecular weight is 520 g/mol. The summed E-state index contributed by atoms with van der Waals surface area (Å²) in [6.07, 6.45) is 5.98. The number of fused-ring (bicyclic) bond motifs is 1. The number of benzene rings is 3. The highest BCUT2D eigenvalue weighted by atomic mass is 32.2. The van der Waals surface area contributed by atoms with Gasteiger partial charge in [-0.15, -0.1) is 11.8 Å². The lowest BCUT2D eigenvalue weighted by atomic mass is 9.90. The monoisotopic (exact) mass is 519 g/mol. The van der Waals surface area contributed by atoms with E-state index in [9.17, 15) is 14.7 Å². The molecule has 1 aliphatic carbocycles. The second kappa shape index (κ2) is 12.0. The van der Waals surface area contributed by atoms with Crippen molar-refractivity contribution in [1.29, 1.82) is 0 Å². The molecule has 1 aliphatic rings. The highest BCUT2D eigenvalue weighted by Crippen LogP contribution is 2.35. The fourth-order valence-corrected chi connectivity index (χ4v) is 6.17. The number of hydrogen-bond acceptors (Lipinski definition) is 4. The van der Waals surface area contributed by atoms with E-state index in [2.05, 4.69) is 11.4 Å². The number of hydrogen-bond donors (Lipinski definition) is 2. The van der Waals surface area contributed by atoms with Gasteiger partial charge < -0.3 is 15.2 Å². The molecule has 0 aromatic heterocycles. The molecular formula is C31H37NO4S. The van der Waals surface area contributed by atoms with Crippen molar-refractivity contribution >= 4 is 34.4 Å². The number of rotatable bonds is 10. The van der Waals surface area contributed by atoms with Crippen LogP contribution in [0.1, 0.15) is 67.4 Å². The number of amides is 1. The minimum Gasteiger partial charge on any atom is -0.492 e. The predicted octanol–water partition coefficient (Wildman–Crippen LogP) is 7.00. The molecule has 1 saturated carbocycles. The van der Waals surface area contributed by atoms with E-state index in [1.807, 2.05) is 69.3 Å². The van der Waals surface area contributed by atoms with Gasteiger partial charge in [0.05, 0.1) is 12.2 Å². The summed E-state index contributed by atoms with van der Waals surface area (Å²) in [5.74, 6) is 0.190. The zero-order valence-electron chi connectivity index (χ0n) is 22.0. The molecule has 5 nitrogen and oxygen atoms in total. The molecule has 0 aliphatic heterocycles. The van der Waals surface area contributed by atoms with Gasteiger partial charge in [0.1, 0.15) is 11.8 Å². The van der Waals surface area contributed by atoms with Crippen molar-refractivity contribution in [3.63, 3.8) is 0 Å². The van der Waals surface area contributed by atoms with Crippen molar-refractivity contribution in [2.75, 3.05) is 6.61 Å². The van der Waals surface area contributed by atoms with Crippen molar-refractivity contribution in [3.8, 4) is 5.75 Å². The van der Waals surface area contributed by atoms with Crippen LogP contribution in [0, 0.1) is 12.8 Å². The smallest absolute Gasteiger partial charge is 0.327 e. The summed E-state index contributed by atoms with van der Waals surface area (Å²) >= 11 is 1.53. The van der Waals surface area contributed by atoms with Crippen molar-refractivity contribution < 1.29 is 19.4 Å². The zero-order valence-corrected chi connectivity index (χ0v) is 22.8. The Bertz CT molecular complexity index is 1250. The number of carboxylic acid groups (broad SMARTS) is 1. The molecule has 3 aromatic carbocycles. The number of carbonyl (C=O) groups excluding carboxylic acids is 1. The maximum absolute atomic E-state index is 13.6. The Hall–Kier alpha value is -2.99. The van der Waals surface area contributed by atoms with Crippen LogP contribution in [0.15, 0.2) is 60.7 Å². The van der Waals surface area contributed by atoms with Crippen LogP contribution >= 0.6 is 11.8 Å². The van der Waals surface area contributed by atoms with Gasteiger partial charge in [0.15, 0.2) is 0 Å². The second-order valence-electron chi connectivity index (χ2n) is 10.5. The Labute approximate surface area is 224 Å². The van der Waals surface area contributed by atoms with Gasteiger partial charge in [0, 0.05) is 15.9 Å². The molecule has 196 valence electrons. The number of carbonyl (C=O) groups is 2. The number of aliphatic carboxylic acids is 1. The molecule has 0 radical (unpaired) electrons. The largest absolute Gasteiger partial charge is 0.492 e. The van der Waals surface area contributed by atoms with Crippen molar-refractivity contribution in [2.45, 2.75) is 69.4 Å². The molecule has 4 rings (SSSR count). The summed E-state index contributed by atoms with van der Waals surface area (Å²) in [6.45, 7) is 6.36. The lowest BCUT2D eigenvalue weighted by Gasteiger charge is -2.32. The number of thioether (sulfide) groups is 1. The fraction of sp³-hybridized carbons (Fsp3) is 0.419. The maximum atomic E-state index is 13.6. The quantitative estimate of drug-likeness (QED) is 0.302. The lowest BCUT2D eigenvalue weighted by Crippen LogP contribution is -2.52. The van der Waals surface area contributed by atoms with Crippen LogP contribution in [-0.2, 0) is 10.5 Å². The van der Waals surface area contributed by atoms with E-state index in [1.165, 1.54) is 31.0 Å². The molecule has 0 saturated heterocycles. The molecule has 37 heavy (non-hydrogen) atoms. The third kappa shape index (κ3) is 6.67. The van der Waals surface area contributed by atoms with Crippen LogP contribution in [0.5, 0.6) is 5.75 Å². The van der Waals surface area contributed by atoms with Crippen LogP contribution < -0.4 is 10.1 Å². The Morgan fingerprint density at radius 3 is 2.46 bits per heavy atom. The van der Waals surface area contributed by atoms with Crippen LogP contribution in [0.25, 0.3) is 10.8 Å². The predicted molar refractivity (Wildman–Crippen MR) is 151 cm³/mol. The number of nitrogens with one attached hydrogen (secondary N) is 1. The van der Waals surface area contributed by atoms with Gasteiger partial charge in [-0.05, 0) is 62.1 Å². The Kier molecular flexibility index (Phi) is 8.80. The highest BCUT2D eigenvalue weighted by Gasteiger charge is 2.38. The van der Waals surface area contributed by atoms with Gasteiger partial charge >= 0.3 is 5.97 Å². The van der Waals surface area contributed by atoms with Crippen molar-refractivity contribution in [1.82, 2.24) is 5.32 Å². The summed E-state index contributed by atoms with van der Waals surface area (Å²) in [5, 5.41) is 14.8. The van der Waals surface area contributed by atoms with Crippen LogP contribution in [0.4, 0.5) is 0 Å². The fourth-order valence-electron chi connectivity index (χ4n) is 4.99. The van der Waals surface area contributed by atoms with Gasteiger partial charge in [-0.25, -0.2) is 4.79 Å². The Morgan fingerprint density at radius 2 is 1.73 bits per heavy atom. The van der Waals surface area contributed by atoms with E-state index in [1.54, 1.807) is 6.07 Å². The summed E-state index contributed by atoms with van der Waals surface area (Å²) in [5.41, 5.74) is 2.70. The van der Waals surface area contributed by atoms with E-state index in [0.29, 0.717) is 29.6 Å². The van der Waals surface area contributed by atoms with E-state index < -0.39 is 22.7 Å². The SMILES string of the molecule is Cc1ccccc1CSC(C)(C)C(NC(=O)c1ccc2ccccc2c1OCC1CCCCC1)C(=O)O. The molecule has 0 heterocycles. The van der Waals surface area contributed by atoms with Crippen LogP contribution in [-0.4, -0.2) is 34.4 Å². The molecular weight excluding hydrogens is 482 g/mol. The molecule has 6 heteroatoms. The van der Waals surface area contributed by atoms with Gasteiger partial charge in [0.2, 0.25) is 0 Å². The first kappa shape index (κ1) is 27.1. The average Bonchev–Trinajstić information content (AvgIpc) is 2.90. The highest BCUT2D eigenvalue weighted by molar-refractivity contribution is 7.99. The topological polar surface area (TPSA) is 75.6 Å². The minimum atomic E-state index is -1.08. The van der Waals surface area contributed by atoms with E-state index in [4.69, 9.17) is 4.74 Å². The normalized spacial score (nSPS) is 15.3. The molecule has 0 bridgehead atoms. The van der Waals surface area contributed by atoms with Gasteiger partial charge in [0.25, 0.3) is 5.91 Å². The van der Waals surface area contributed by atoms with E-state index >= 15 is 0 Å². The summed E-state index contributed by atoms with van der Waals surface area (Å²) in [7, 11) is 0. The van der Waals surface area contributed by atoms with Gasteiger partial charge in [-0.2, -0.15) is 0 Å². The second-order valence-corrected chi connectivity index (χ2v) is 12.2. The molecule has 0 spiro atoms. The standard InChI is InChI=1S/C31H37NO4S/c1-21-11-7-8-15-24(21)20-37-31(2,3)28(30(34)35)32-29(33)26-18-17-23-14-9-10-16-25(23)27(26)36-19-22-12-5-4-6-13-22/h7-11,14-18,22,28H,4-6,12-13,19-20H2,1-3H3,(H,32,33)(H,34,35). The summed E-state index contributed by atoms with van der Waals surface area (Å²) in [6, 6.07) is 18.5. The first-order chi connectivity index (χ1) is 17.8. The third-order valence-electron chi connectivity index (χ3n) is 7.39. The van der Waals surface area contributed by atoms with E-state index in [0.717, 1.165) is 34.7 Å². The zero-order chi connectivity index (χ0) is 26.4. The lowest BCUT2D eigenvalue weighted by molar-refractivity contribution is -0.139. The molecule has 1 atom stereocenters. The third-order valence-corrected chi connectivity index (χ3v) is 8.83. The van der Waals surface area contributed by atoms with Crippen LogP contribution in [0.3, 0.4) is 0 Å². The van der Waals surface area contributed by atoms with Crippen LogP contribution in [0.2, 0.25) is 0 Å². The maximum Gasteiger partial charge on any atom is 0.327 e. The molecule has 1 unspecified atom stereocenters. The minimum absolute atomic E-state index is 0.375. The van der Waals surface area contributed by atoms with E-state index in [-0.39, 0.29) is 0 Å². The van der Waals surface area contributed by atoms with Crippen molar-refractivity contribution in [3.05, 3.63) is 77.4 Å². The molecule has 1 fully saturated rings. The first-order valence-corrected chi connectivity index (χ1v) is 14.1. The van der Waals surface area contributed by atoms with Gasteiger partial charge in [-0.1, -0.05) is 73.9 Å². The first-order valence-electron chi connectivity index (χ1n) is 13.1. The molecule has 1 amide bonds. The summed E-state index contributed by atoms with van der Waals surface area (Å²) < 4.78 is 5.60.